The normalized spacial score (nSPS) is 10.3. The second-order valence-electron chi connectivity index (χ2n) is 3.24. The lowest BCUT2D eigenvalue weighted by Crippen LogP contribution is -2.08. The molecule has 0 aromatic rings. The first-order chi connectivity index (χ1) is 6.54. The quantitative estimate of drug-likeness (QED) is 0.688. The average Bonchev–Trinajstić information content (AvgIpc) is 2.02. The van der Waals surface area contributed by atoms with E-state index in [0.717, 1.165) is 13.1 Å². The Morgan fingerprint density at radius 3 is 0.933 bits per heavy atom. The van der Waals surface area contributed by atoms with E-state index in [1.165, 1.54) is 0 Å². The molecular formula is C8H24N2O4S. The Morgan fingerprint density at radius 2 is 0.933 bits per heavy atom. The predicted molar refractivity (Wildman–Crippen MR) is 62.6 cm³/mol. The van der Waals surface area contributed by atoms with Crippen LogP contribution in [0.4, 0.5) is 0 Å². The molecule has 0 atom stereocenters. The Labute approximate surface area is 93.5 Å². The molecule has 0 bridgehead atoms. The summed E-state index contributed by atoms with van der Waals surface area (Å²) < 4.78 is 31.6. The van der Waals surface area contributed by atoms with Crippen LogP contribution >= 0.6 is 0 Å². The Balaban J connectivity index is -0.000000144. The molecule has 0 saturated carbocycles. The largest absolute Gasteiger partial charge is 0.394 e. The van der Waals surface area contributed by atoms with Crippen molar-refractivity contribution in [3.63, 3.8) is 0 Å². The van der Waals surface area contributed by atoms with Gasteiger partial charge in [-0.25, -0.2) is 0 Å². The Kier molecular flexibility index (Phi) is 16.0. The fourth-order valence-corrected chi connectivity index (χ4v) is 0. The third-order valence-electron chi connectivity index (χ3n) is 1.26. The smallest absolute Gasteiger partial charge is 0.310 e. The first kappa shape index (κ1) is 20.2. The standard InChI is InChI=1S/2C4H11N.H2O4S/c2*1-4-5(2)3;1-5(2,3)4/h2*4H2,1-3H3;(H2,1,2,3,4). The molecule has 7 heteroatoms. The summed E-state index contributed by atoms with van der Waals surface area (Å²) in [5, 5.41) is 0. The van der Waals surface area contributed by atoms with Crippen LogP contribution in [0.2, 0.25) is 0 Å². The fourth-order valence-electron chi connectivity index (χ4n) is 0. The maximum absolute atomic E-state index is 8.74. The van der Waals surface area contributed by atoms with Crippen molar-refractivity contribution in [3.8, 4) is 0 Å². The Hall–Kier alpha value is -0.210. The summed E-state index contributed by atoms with van der Waals surface area (Å²) in [6.07, 6.45) is 0. The zero-order valence-electron chi connectivity index (χ0n) is 10.4. The molecule has 0 fully saturated rings. The summed E-state index contributed by atoms with van der Waals surface area (Å²) in [7, 11) is 3.56. The van der Waals surface area contributed by atoms with Gasteiger partial charge < -0.3 is 9.80 Å². The van der Waals surface area contributed by atoms with Crippen LogP contribution in [-0.2, 0) is 10.4 Å². The summed E-state index contributed by atoms with van der Waals surface area (Å²) in [6.45, 7) is 6.53. The highest BCUT2D eigenvalue weighted by Gasteiger charge is 1.84. The van der Waals surface area contributed by atoms with Crippen molar-refractivity contribution in [3.05, 3.63) is 0 Å². The minimum Gasteiger partial charge on any atom is -0.310 e. The molecule has 96 valence electrons. The van der Waals surface area contributed by atoms with Crippen LogP contribution in [-0.4, -0.2) is 68.6 Å². The number of hydrogen-bond donors (Lipinski definition) is 2. The number of hydrogen-bond acceptors (Lipinski definition) is 4. The van der Waals surface area contributed by atoms with Gasteiger partial charge in [-0.2, -0.15) is 8.42 Å². The summed E-state index contributed by atoms with van der Waals surface area (Å²) in [5.41, 5.74) is 0. The van der Waals surface area contributed by atoms with Crippen LogP contribution in [0.5, 0.6) is 0 Å². The second-order valence-corrected chi connectivity index (χ2v) is 4.14. The lowest BCUT2D eigenvalue weighted by molar-refractivity contribution is 0.381. The van der Waals surface area contributed by atoms with Crippen LogP contribution < -0.4 is 0 Å². The van der Waals surface area contributed by atoms with E-state index in [9.17, 15) is 0 Å². The van der Waals surface area contributed by atoms with Crippen molar-refractivity contribution in [2.75, 3.05) is 41.3 Å². The van der Waals surface area contributed by atoms with E-state index in [4.69, 9.17) is 17.5 Å². The minimum atomic E-state index is -4.67. The summed E-state index contributed by atoms with van der Waals surface area (Å²) in [6, 6.07) is 0. The Bertz CT molecular complexity index is 187. The average molecular weight is 244 g/mol. The fraction of sp³-hybridized carbons (Fsp3) is 1.00. The summed E-state index contributed by atoms with van der Waals surface area (Å²) in [4.78, 5) is 4.25. The third kappa shape index (κ3) is 133. The third-order valence-corrected chi connectivity index (χ3v) is 1.26. The van der Waals surface area contributed by atoms with Crippen molar-refractivity contribution in [1.29, 1.82) is 0 Å². The molecule has 0 radical (unpaired) electrons. The van der Waals surface area contributed by atoms with E-state index in [2.05, 4.69) is 51.8 Å². The van der Waals surface area contributed by atoms with Gasteiger partial charge in [0.2, 0.25) is 0 Å². The van der Waals surface area contributed by atoms with Gasteiger partial charge >= 0.3 is 10.4 Å². The lowest BCUT2D eigenvalue weighted by Gasteiger charge is -2.00. The molecule has 0 rings (SSSR count). The van der Waals surface area contributed by atoms with Crippen LogP contribution in [0.1, 0.15) is 13.8 Å². The van der Waals surface area contributed by atoms with Gasteiger partial charge in [-0.1, -0.05) is 13.8 Å². The zero-order valence-corrected chi connectivity index (χ0v) is 11.2. The molecule has 0 saturated heterocycles. The van der Waals surface area contributed by atoms with Crippen molar-refractivity contribution in [2.45, 2.75) is 13.8 Å². The highest BCUT2D eigenvalue weighted by molar-refractivity contribution is 7.79. The van der Waals surface area contributed by atoms with Gasteiger partial charge in [0.1, 0.15) is 0 Å². The molecule has 0 heterocycles. The van der Waals surface area contributed by atoms with Gasteiger partial charge in [-0.05, 0) is 41.3 Å². The molecule has 2 N–H and O–H groups in total. The van der Waals surface area contributed by atoms with E-state index >= 15 is 0 Å². The van der Waals surface area contributed by atoms with E-state index in [1.807, 2.05) is 0 Å². The molecular weight excluding hydrogens is 220 g/mol. The minimum absolute atomic E-state index is 1.14. The van der Waals surface area contributed by atoms with Crippen molar-refractivity contribution in [1.82, 2.24) is 9.80 Å². The topological polar surface area (TPSA) is 81.1 Å². The van der Waals surface area contributed by atoms with Gasteiger partial charge in [-0.15, -0.1) is 0 Å². The van der Waals surface area contributed by atoms with Crippen molar-refractivity contribution >= 4 is 10.4 Å². The van der Waals surface area contributed by atoms with E-state index < -0.39 is 10.4 Å². The maximum Gasteiger partial charge on any atom is 0.394 e. The number of rotatable bonds is 2. The Morgan fingerprint density at radius 1 is 0.867 bits per heavy atom. The molecule has 0 aromatic carbocycles. The van der Waals surface area contributed by atoms with Crippen molar-refractivity contribution < 1.29 is 17.5 Å². The first-order valence-electron chi connectivity index (χ1n) is 4.53. The molecule has 0 unspecified atom stereocenters. The monoisotopic (exact) mass is 244 g/mol. The van der Waals surface area contributed by atoms with Gasteiger partial charge in [-0.3, -0.25) is 9.11 Å². The molecule has 0 aliphatic rings. The first-order valence-corrected chi connectivity index (χ1v) is 5.93. The van der Waals surface area contributed by atoms with Gasteiger partial charge in [0.05, 0.1) is 0 Å². The van der Waals surface area contributed by atoms with Crippen LogP contribution in [0.15, 0.2) is 0 Å². The summed E-state index contributed by atoms with van der Waals surface area (Å²) in [5.74, 6) is 0. The molecule has 0 aliphatic heterocycles. The van der Waals surface area contributed by atoms with Crippen LogP contribution in [0.25, 0.3) is 0 Å². The molecule has 6 nitrogen and oxygen atoms in total. The van der Waals surface area contributed by atoms with Gasteiger partial charge in [0.15, 0.2) is 0 Å². The van der Waals surface area contributed by atoms with Gasteiger partial charge in [0.25, 0.3) is 0 Å². The maximum atomic E-state index is 8.74. The summed E-state index contributed by atoms with van der Waals surface area (Å²) >= 11 is 0. The molecule has 0 aromatic heterocycles. The van der Waals surface area contributed by atoms with E-state index in [-0.39, 0.29) is 0 Å². The highest BCUT2D eigenvalue weighted by atomic mass is 32.3. The molecule has 15 heavy (non-hydrogen) atoms. The van der Waals surface area contributed by atoms with E-state index in [0.29, 0.717) is 0 Å². The predicted octanol–water partition coefficient (Wildman–Crippen LogP) is 0.483. The van der Waals surface area contributed by atoms with Crippen molar-refractivity contribution in [2.24, 2.45) is 0 Å². The molecule has 0 amide bonds. The highest BCUT2D eigenvalue weighted by Crippen LogP contribution is 1.64. The lowest BCUT2D eigenvalue weighted by atomic mass is 10.7. The van der Waals surface area contributed by atoms with E-state index in [1.54, 1.807) is 0 Å². The van der Waals surface area contributed by atoms with Gasteiger partial charge in [0, 0.05) is 0 Å². The molecule has 0 spiro atoms. The SMILES string of the molecule is CCN(C)C.CCN(C)C.O=S(=O)(O)O. The number of nitrogens with zero attached hydrogens (tertiary/aromatic N) is 2. The molecule has 0 aliphatic carbocycles. The van der Waals surface area contributed by atoms with Crippen LogP contribution in [0, 0.1) is 0 Å². The zero-order chi connectivity index (χ0) is 13.1. The van der Waals surface area contributed by atoms with Crippen LogP contribution in [0.3, 0.4) is 0 Å². The second kappa shape index (κ2) is 11.9.